The molecule has 0 bridgehead atoms. The average Bonchev–Trinajstić information content (AvgIpc) is 2.27. The van der Waals surface area contributed by atoms with Crippen LogP contribution in [0.25, 0.3) is 0 Å². The first-order chi connectivity index (χ1) is 7.69. The Bertz CT molecular complexity index is 320. The van der Waals surface area contributed by atoms with Gasteiger partial charge in [-0.05, 0) is 24.1 Å². The molecule has 0 aliphatic heterocycles. The zero-order valence-electron chi connectivity index (χ0n) is 9.40. The lowest BCUT2D eigenvalue weighted by atomic mass is 9.92. The minimum atomic E-state index is -0.497. The van der Waals surface area contributed by atoms with Gasteiger partial charge in [0.15, 0.2) is 0 Å². The van der Waals surface area contributed by atoms with E-state index in [4.69, 9.17) is 22.1 Å². The lowest BCUT2D eigenvalue weighted by molar-refractivity contribution is 0.0920. The second kappa shape index (κ2) is 6.86. The van der Waals surface area contributed by atoms with Crippen LogP contribution in [0.2, 0.25) is 5.02 Å². The minimum absolute atomic E-state index is 0.0890. The molecule has 1 rings (SSSR count). The molecular weight excluding hydrogens is 226 g/mol. The molecule has 0 aliphatic carbocycles. The molecule has 0 aromatic heterocycles. The first kappa shape index (κ1) is 13.5. The van der Waals surface area contributed by atoms with Crippen molar-refractivity contribution in [3.63, 3.8) is 0 Å². The molecule has 3 N–H and O–H groups in total. The van der Waals surface area contributed by atoms with Crippen molar-refractivity contribution in [2.75, 3.05) is 20.3 Å². The predicted molar refractivity (Wildman–Crippen MR) is 65.7 cm³/mol. The highest BCUT2D eigenvalue weighted by Gasteiger charge is 2.19. The zero-order valence-corrected chi connectivity index (χ0v) is 10.2. The third-order valence-electron chi connectivity index (χ3n) is 2.61. The summed E-state index contributed by atoms with van der Waals surface area (Å²) in [5.74, 6) is -0.0890. The standard InChI is InChI=1S/C12H18ClNO2/c1-16-6-5-12(15)11(8-14)9-3-2-4-10(13)7-9/h2-4,7,11-12,15H,5-6,8,14H2,1H3. The Kier molecular flexibility index (Phi) is 5.77. The van der Waals surface area contributed by atoms with Crippen LogP contribution in [0.4, 0.5) is 0 Å². The van der Waals surface area contributed by atoms with Crippen molar-refractivity contribution in [3.05, 3.63) is 34.9 Å². The van der Waals surface area contributed by atoms with Gasteiger partial charge in [0.25, 0.3) is 0 Å². The number of ether oxygens (including phenoxy) is 1. The number of aliphatic hydroxyl groups is 1. The van der Waals surface area contributed by atoms with Crippen LogP contribution in [0.3, 0.4) is 0 Å². The maximum Gasteiger partial charge on any atom is 0.0642 e. The van der Waals surface area contributed by atoms with E-state index in [-0.39, 0.29) is 5.92 Å². The van der Waals surface area contributed by atoms with Crippen LogP contribution in [0.1, 0.15) is 17.9 Å². The number of halogens is 1. The molecule has 0 amide bonds. The molecule has 3 nitrogen and oxygen atoms in total. The maximum absolute atomic E-state index is 9.98. The van der Waals surface area contributed by atoms with Gasteiger partial charge < -0.3 is 15.6 Å². The second-order valence-corrected chi connectivity index (χ2v) is 4.18. The van der Waals surface area contributed by atoms with E-state index in [1.165, 1.54) is 0 Å². The second-order valence-electron chi connectivity index (χ2n) is 3.75. The van der Waals surface area contributed by atoms with Crippen molar-refractivity contribution in [2.45, 2.75) is 18.4 Å². The fraction of sp³-hybridized carbons (Fsp3) is 0.500. The van der Waals surface area contributed by atoms with Crippen LogP contribution in [-0.2, 0) is 4.74 Å². The molecule has 1 aromatic carbocycles. The van der Waals surface area contributed by atoms with Crippen molar-refractivity contribution in [2.24, 2.45) is 5.73 Å². The molecule has 0 fully saturated rings. The van der Waals surface area contributed by atoms with Crippen molar-refractivity contribution < 1.29 is 9.84 Å². The van der Waals surface area contributed by atoms with E-state index in [1.54, 1.807) is 13.2 Å². The number of hydrogen-bond acceptors (Lipinski definition) is 3. The Morgan fingerprint density at radius 1 is 1.50 bits per heavy atom. The van der Waals surface area contributed by atoms with Crippen molar-refractivity contribution in [1.82, 2.24) is 0 Å². The van der Waals surface area contributed by atoms with Gasteiger partial charge in [0, 0.05) is 31.2 Å². The molecule has 0 saturated heterocycles. The molecule has 1 aromatic rings. The van der Waals surface area contributed by atoms with Gasteiger partial charge in [-0.3, -0.25) is 0 Å². The van der Waals surface area contributed by atoms with Crippen LogP contribution < -0.4 is 5.73 Å². The first-order valence-corrected chi connectivity index (χ1v) is 5.69. The smallest absolute Gasteiger partial charge is 0.0642 e. The van der Waals surface area contributed by atoms with E-state index in [0.29, 0.717) is 24.6 Å². The Morgan fingerprint density at radius 2 is 2.25 bits per heavy atom. The number of benzene rings is 1. The molecule has 90 valence electrons. The average molecular weight is 244 g/mol. The number of methoxy groups -OCH3 is 1. The van der Waals surface area contributed by atoms with Crippen molar-refractivity contribution in [3.8, 4) is 0 Å². The van der Waals surface area contributed by atoms with Crippen LogP contribution >= 0.6 is 11.6 Å². The van der Waals surface area contributed by atoms with Gasteiger partial charge in [-0.15, -0.1) is 0 Å². The van der Waals surface area contributed by atoms with Crippen LogP contribution in [-0.4, -0.2) is 31.5 Å². The molecular formula is C12H18ClNO2. The summed E-state index contributed by atoms with van der Waals surface area (Å²) in [6.07, 6.45) is 0.0774. The van der Waals surface area contributed by atoms with Gasteiger partial charge in [0.2, 0.25) is 0 Å². The molecule has 0 heterocycles. The van der Waals surface area contributed by atoms with Crippen LogP contribution in [0, 0.1) is 0 Å². The first-order valence-electron chi connectivity index (χ1n) is 5.31. The summed E-state index contributed by atoms with van der Waals surface area (Å²) in [5, 5.41) is 10.6. The molecule has 0 saturated carbocycles. The predicted octanol–water partition coefficient (Wildman–Crippen LogP) is 1.78. The highest BCUT2D eigenvalue weighted by molar-refractivity contribution is 6.30. The largest absolute Gasteiger partial charge is 0.392 e. The van der Waals surface area contributed by atoms with E-state index in [0.717, 1.165) is 5.56 Å². The van der Waals surface area contributed by atoms with E-state index in [9.17, 15) is 5.11 Å². The van der Waals surface area contributed by atoms with Gasteiger partial charge in [-0.1, -0.05) is 23.7 Å². The van der Waals surface area contributed by atoms with E-state index in [1.807, 2.05) is 18.2 Å². The summed E-state index contributed by atoms with van der Waals surface area (Å²) >= 11 is 5.91. The fourth-order valence-corrected chi connectivity index (χ4v) is 1.89. The van der Waals surface area contributed by atoms with Gasteiger partial charge >= 0.3 is 0 Å². The Morgan fingerprint density at radius 3 is 2.81 bits per heavy atom. The Labute approximate surface area is 101 Å². The molecule has 0 spiro atoms. The van der Waals surface area contributed by atoms with E-state index >= 15 is 0 Å². The fourth-order valence-electron chi connectivity index (χ4n) is 1.69. The summed E-state index contributed by atoms with van der Waals surface area (Å²) in [5.41, 5.74) is 6.65. The van der Waals surface area contributed by atoms with Crippen LogP contribution in [0.5, 0.6) is 0 Å². The molecule has 0 aliphatic rings. The lowest BCUT2D eigenvalue weighted by Gasteiger charge is -2.21. The van der Waals surface area contributed by atoms with Crippen LogP contribution in [0.15, 0.2) is 24.3 Å². The Hall–Kier alpha value is -0.610. The zero-order chi connectivity index (χ0) is 12.0. The third-order valence-corrected chi connectivity index (χ3v) is 2.85. The Balaban J connectivity index is 2.73. The summed E-state index contributed by atoms with van der Waals surface area (Å²) < 4.78 is 4.94. The lowest BCUT2D eigenvalue weighted by Crippen LogP contribution is -2.27. The van der Waals surface area contributed by atoms with Gasteiger partial charge in [-0.25, -0.2) is 0 Å². The van der Waals surface area contributed by atoms with E-state index < -0.39 is 6.10 Å². The number of hydrogen-bond donors (Lipinski definition) is 2. The topological polar surface area (TPSA) is 55.5 Å². The highest BCUT2D eigenvalue weighted by atomic mass is 35.5. The van der Waals surface area contributed by atoms with E-state index in [2.05, 4.69) is 0 Å². The molecule has 2 unspecified atom stereocenters. The summed E-state index contributed by atoms with van der Waals surface area (Å²) in [6.45, 7) is 0.920. The molecule has 0 radical (unpaired) electrons. The van der Waals surface area contributed by atoms with Crippen molar-refractivity contribution >= 4 is 11.6 Å². The summed E-state index contributed by atoms with van der Waals surface area (Å²) in [4.78, 5) is 0. The van der Waals surface area contributed by atoms with Gasteiger partial charge in [0.05, 0.1) is 6.10 Å². The number of aliphatic hydroxyl groups excluding tert-OH is 1. The minimum Gasteiger partial charge on any atom is -0.392 e. The molecule has 4 heteroatoms. The monoisotopic (exact) mass is 243 g/mol. The molecule has 2 atom stereocenters. The number of rotatable bonds is 6. The normalized spacial score (nSPS) is 14.8. The third kappa shape index (κ3) is 3.76. The summed E-state index contributed by atoms with van der Waals surface area (Å²) in [7, 11) is 1.61. The van der Waals surface area contributed by atoms with Gasteiger partial charge in [0.1, 0.15) is 0 Å². The van der Waals surface area contributed by atoms with Crippen molar-refractivity contribution in [1.29, 1.82) is 0 Å². The van der Waals surface area contributed by atoms with Gasteiger partial charge in [-0.2, -0.15) is 0 Å². The quantitative estimate of drug-likeness (QED) is 0.801. The maximum atomic E-state index is 9.98. The molecule has 16 heavy (non-hydrogen) atoms. The summed E-state index contributed by atoms with van der Waals surface area (Å²) in [6, 6.07) is 7.44. The SMILES string of the molecule is COCCC(O)C(CN)c1cccc(Cl)c1. The highest BCUT2D eigenvalue weighted by Crippen LogP contribution is 2.23. The number of nitrogens with two attached hydrogens (primary N) is 1.